The van der Waals surface area contributed by atoms with Gasteiger partial charge in [0.25, 0.3) is 0 Å². The third-order valence-electron chi connectivity index (χ3n) is 3.40. The number of aryl methyl sites for hydroxylation is 1. The van der Waals surface area contributed by atoms with Crippen molar-refractivity contribution >= 4 is 11.6 Å². The smallest absolute Gasteiger partial charge is 0.127 e. The molecule has 0 saturated carbocycles. The molecule has 2 aromatic carbocycles. The second-order valence-electron chi connectivity index (χ2n) is 4.98. The standard InChI is InChI=1S/C17H18ClFO2/c1-21-16-8-3-12(4-9-16)2-7-15(20)10-13-5-6-14(18)11-17(13)19/h3-6,8-9,11,15,20H,2,7,10H2,1H3. The number of ether oxygens (including phenoxy) is 1. The molecule has 0 radical (unpaired) electrons. The second kappa shape index (κ2) is 7.43. The maximum Gasteiger partial charge on any atom is 0.127 e. The highest BCUT2D eigenvalue weighted by atomic mass is 35.5. The molecule has 2 aromatic rings. The van der Waals surface area contributed by atoms with E-state index in [1.807, 2.05) is 24.3 Å². The summed E-state index contributed by atoms with van der Waals surface area (Å²) in [5, 5.41) is 10.4. The van der Waals surface area contributed by atoms with Gasteiger partial charge >= 0.3 is 0 Å². The molecule has 0 aliphatic rings. The SMILES string of the molecule is COc1ccc(CCC(O)Cc2ccc(Cl)cc2F)cc1. The van der Waals surface area contributed by atoms with Crippen molar-refractivity contribution in [2.45, 2.75) is 25.4 Å². The van der Waals surface area contributed by atoms with Crippen molar-refractivity contribution in [1.82, 2.24) is 0 Å². The molecule has 0 aliphatic carbocycles. The Labute approximate surface area is 129 Å². The Morgan fingerprint density at radius 2 is 1.90 bits per heavy atom. The van der Waals surface area contributed by atoms with E-state index in [0.717, 1.165) is 17.7 Å². The molecule has 2 nitrogen and oxygen atoms in total. The van der Waals surface area contributed by atoms with E-state index in [-0.39, 0.29) is 5.82 Å². The van der Waals surface area contributed by atoms with Crippen molar-refractivity contribution in [3.8, 4) is 5.75 Å². The molecule has 0 amide bonds. The number of hydrogen-bond donors (Lipinski definition) is 1. The van der Waals surface area contributed by atoms with Gasteiger partial charge in [-0.05, 0) is 48.2 Å². The number of rotatable bonds is 6. The van der Waals surface area contributed by atoms with E-state index in [1.54, 1.807) is 19.2 Å². The van der Waals surface area contributed by atoms with E-state index in [2.05, 4.69) is 0 Å². The Morgan fingerprint density at radius 1 is 1.19 bits per heavy atom. The van der Waals surface area contributed by atoms with Gasteiger partial charge in [-0.15, -0.1) is 0 Å². The fourth-order valence-corrected chi connectivity index (χ4v) is 2.33. The lowest BCUT2D eigenvalue weighted by Crippen LogP contribution is -2.12. The van der Waals surface area contributed by atoms with Gasteiger partial charge in [-0.25, -0.2) is 4.39 Å². The number of aliphatic hydroxyl groups excluding tert-OH is 1. The zero-order chi connectivity index (χ0) is 15.2. The third kappa shape index (κ3) is 4.73. The molecular formula is C17H18ClFO2. The summed E-state index contributed by atoms with van der Waals surface area (Å²) in [5.74, 6) is 0.438. The molecule has 4 heteroatoms. The van der Waals surface area contributed by atoms with Crippen LogP contribution in [-0.2, 0) is 12.8 Å². The Balaban J connectivity index is 1.87. The molecule has 0 fully saturated rings. The van der Waals surface area contributed by atoms with Gasteiger partial charge in [0.1, 0.15) is 11.6 Å². The molecule has 1 unspecified atom stereocenters. The van der Waals surface area contributed by atoms with Crippen molar-refractivity contribution in [2.24, 2.45) is 0 Å². The van der Waals surface area contributed by atoms with Crippen molar-refractivity contribution in [1.29, 1.82) is 0 Å². The van der Waals surface area contributed by atoms with Gasteiger partial charge in [0.2, 0.25) is 0 Å². The van der Waals surface area contributed by atoms with Crippen molar-refractivity contribution in [3.63, 3.8) is 0 Å². The highest BCUT2D eigenvalue weighted by Crippen LogP contribution is 2.18. The van der Waals surface area contributed by atoms with Gasteiger partial charge in [0.15, 0.2) is 0 Å². The second-order valence-corrected chi connectivity index (χ2v) is 5.42. The predicted molar refractivity (Wildman–Crippen MR) is 82.4 cm³/mol. The minimum Gasteiger partial charge on any atom is -0.497 e. The van der Waals surface area contributed by atoms with Crippen LogP contribution >= 0.6 is 11.6 Å². The number of hydrogen-bond acceptors (Lipinski definition) is 2. The van der Waals surface area contributed by atoms with E-state index >= 15 is 0 Å². The average Bonchev–Trinajstić information content (AvgIpc) is 2.48. The lowest BCUT2D eigenvalue weighted by Gasteiger charge is -2.12. The number of halogens is 2. The summed E-state index contributed by atoms with van der Waals surface area (Å²) >= 11 is 5.71. The van der Waals surface area contributed by atoms with Crippen LogP contribution in [0.1, 0.15) is 17.5 Å². The quantitative estimate of drug-likeness (QED) is 0.873. The van der Waals surface area contributed by atoms with E-state index in [4.69, 9.17) is 16.3 Å². The van der Waals surface area contributed by atoms with Gasteiger partial charge < -0.3 is 9.84 Å². The van der Waals surface area contributed by atoms with E-state index in [1.165, 1.54) is 6.07 Å². The topological polar surface area (TPSA) is 29.5 Å². The first-order chi connectivity index (χ1) is 10.1. The molecular weight excluding hydrogens is 291 g/mol. The fraction of sp³-hybridized carbons (Fsp3) is 0.294. The minimum absolute atomic E-state index is 0.291. The maximum absolute atomic E-state index is 13.6. The lowest BCUT2D eigenvalue weighted by molar-refractivity contribution is 0.164. The van der Waals surface area contributed by atoms with E-state index < -0.39 is 6.10 Å². The Hall–Kier alpha value is -1.58. The summed E-state index contributed by atoms with van der Waals surface area (Å²) in [6.07, 6.45) is 1.02. The first-order valence-electron chi connectivity index (χ1n) is 6.83. The molecule has 2 rings (SSSR count). The van der Waals surface area contributed by atoms with Gasteiger partial charge in [-0.2, -0.15) is 0 Å². The fourth-order valence-electron chi connectivity index (χ4n) is 2.17. The van der Waals surface area contributed by atoms with Crippen LogP contribution in [0.3, 0.4) is 0 Å². The van der Waals surface area contributed by atoms with Crippen LogP contribution in [0.2, 0.25) is 5.02 Å². The highest BCUT2D eigenvalue weighted by molar-refractivity contribution is 6.30. The largest absolute Gasteiger partial charge is 0.497 e. The van der Waals surface area contributed by atoms with Crippen LogP contribution < -0.4 is 4.74 Å². The summed E-state index contributed by atoms with van der Waals surface area (Å²) in [6, 6.07) is 12.2. The average molecular weight is 309 g/mol. The Morgan fingerprint density at radius 3 is 2.52 bits per heavy atom. The Kier molecular flexibility index (Phi) is 5.59. The van der Waals surface area contributed by atoms with Crippen LogP contribution in [0, 0.1) is 5.82 Å². The van der Waals surface area contributed by atoms with Gasteiger partial charge in [-0.1, -0.05) is 29.8 Å². The van der Waals surface area contributed by atoms with Crippen molar-refractivity contribution in [2.75, 3.05) is 7.11 Å². The van der Waals surface area contributed by atoms with Gasteiger partial charge in [0.05, 0.1) is 13.2 Å². The highest BCUT2D eigenvalue weighted by Gasteiger charge is 2.10. The number of benzene rings is 2. The van der Waals surface area contributed by atoms with Crippen molar-refractivity contribution < 1.29 is 14.2 Å². The summed E-state index contributed by atoms with van der Waals surface area (Å²) in [6.45, 7) is 0. The molecule has 0 aliphatic heterocycles. The number of methoxy groups -OCH3 is 1. The first-order valence-corrected chi connectivity index (χ1v) is 7.21. The summed E-state index contributed by atoms with van der Waals surface area (Å²) in [4.78, 5) is 0. The molecule has 0 bridgehead atoms. The maximum atomic E-state index is 13.6. The molecule has 0 saturated heterocycles. The normalized spacial score (nSPS) is 12.2. The lowest BCUT2D eigenvalue weighted by atomic mass is 10.0. The zero-order valence-electron chi connectivity index (χ0n) is 11.9. The third-order valence-corrected chi connectivity index (χ3v) is 3.63. The monoisotopic (exact) mass is 308 g/mol. The van der Waals surface area contributed by atoms with Gasteiger partial charge in [-0.3, -0.25) is 0 Å². The van der Waals surface area contributed by atoms with E-state index in [9.17, 15) is 9.50 Å². The molecule has 1 atom stereocenters. The molecule has 1 N–H and O–H groups in total. The molecule has 21 heavy (non-hydrogen) atoms. The van der Waals surface area contributed by atoms with Crippen molar-refractivity contribution in [3.05, 3.63) is 64.4 Å². The Bertz CT molecular complexity index is 584. The number of aliphatic hydroxyl groups is 1. The van der Waals surface area contributed by atoms with Crippen LogP contribution in [0.5, 0.6) is 5.75 Å². The first kappa shape index (κ1) is 15.8. The molecule has 0 spiro atoms. The minimum atomic E-state index is -0.581. The molecule has 0 heterocycles. The summed E-state index contributed by atoms with van der Waals surface area (Å²) < 4.78 is 18.7. The van der Waals surface area contributed by atoms with Crippen LogP contribution in [-0.4, -0.2) is 18.3 Å². The summed E-state index contributed by atoms with van der Waals surface area (Å²) in [5.41, 5.74) is 1.60. The zero-order valence-corrected chi connectivity index (χ0v) is 12.6. The van der Waals surface area contributed by atoms with Crippen LogP contribution in [0.4, 0.5) is 4.39 Å². The van der Waals surface area contributed by atoms with Crippen LogP contribution in [0.15, 0.2) is 42.5 Å². The van der Waals surface area contributed by atoms with E-state index in [0.29, 0.717) is 23.4 Å². The summed E-state index contributed by atoms with van der Waals surface area (Å²) in [7, 11) is 1.62. The predicted octanol–water partition coefficient (Wildman–Crippen LogP) is 4.02. The van der Waals surface area contributed by atoms with Gasteiger partial charge in [0, 0.05) is 11.4 Å². The molecule has 112 valence electrons. The molecule has 0 aromatic heterocycles. The van der Waals surface area contributed by atoms with Crippen LogP contribution in [0.25, 0.3) is 0 Å².